The molecule has 0 unspecified atom stereocenters. The first-order valence-electron chi connectivity index (χ1n) is 6.51. The zero-order valence-electron chi connectivity index (χ0n) is 12.0. The molecule has 20 heavy (non-hydrogen) atoms. The van der Waals surface area contributed by atoms with Crippen LogP contribution in [-0.2, 0) is 4.79 Å². The fraction of sp³-hybridized carbons (Fsp3) is 0.429. The van der Waals surface area contributed by atoms with Crippen LogP contribution in [-0.4, -0.2) is 32.0 Å². The van der Waals surface area contributed by atoms with Gasteiger partial charge in [-0.05, 0) is 30.2 Å². The van der Waals surface area contributed by atoms with Crippen LogP contribution < -0.4 is 16.0 Å². The first-order chi connectivity index (χ1) is 9.51. The van der Waals surface area contributed by atoms with Crippen LogP contribution in [0.25, 0.3) is 0 Å². The molecule has 5 nitrogen and oxygen atoms in total. The van der Waals surface area contributed by atoms with E-state index in [-0.39, 0.29) is 18.3 Å². The largest absolute Gasteiger partial charge is 0.356 e. The Balaban J connectivity index is 2.36. The lowest BCUT2D eigenvalue weighted by Crippen LogP contribution is -2.42. The number of carbonyl (C=O) groups is 1. The summed E-state index contributed by atoms with van der Waals surface area (Å²) in [6.45, 7) is 5.04. The summed E-state index contributed by atoms with van der Waals surface area (Å²) in [5.74, 6) is 0.512. The van der Waals surface area contributed by atoms with Gasteiger partial charge in [0.2, 0.25) is 5.91 Å². The summed E-state index contributed by atoms with van der Waals surface area (Å²) in [6.07, 6.45) is 0. The van der Waals surface area contributed by atoms with Crippen LogP contribution in [0.2, 0.25) is 0 Å². The molecule has 0 fully saturated rings. The number of hydrogen-bond donors (Lipinski definition) is 3. The molecule has 0 aromatic heterocycles. The second kappa shape index (κ2) is 8.14. The molecule has 0 radical (unpaired) electrons. The number of hydrogen-bond acceptors (Lipinski definition) is 2. The molecule has 1 rings (SSSR count). The minimum atomic E-state index is -0.334. The van der Waals surface area contributed by atoms with E-state index in [1.54, 1.807) is 7.05 Å². The monoisotopic (exact) mass is 280 g/mol. The first-order valence-corrected chi connectivity index (χ1v) is 6.51. The summed E-state index contributed by atoms with van der Waals surface area (Å²) in [4.78, 5) is 15.7. The Labute approximate surface area is 118 Å². The van der Waals surface area contributed by atoms with E-state index in [4.69, 9.17) is 0 Å². The molecular weight excluding hydrogens is 259 g/mol. The molecule has 0 aliphatic carbocycles. The smallest absolute Gasteiger partial charge is 0.243 e. The van der Waals surface area contributed by atoms with Crippen molar-refractivity contribution in [2.75, 3.05) is 25.5 Å². The van der Waals surface area contributed by atoms with Crippen molar-refractivity contribution < 1.29 is 9.18 Å². The van der Waals surface area contributed by atoms with E-state index in [2.05, 4.69) is 34.8 Å². The van der Waals surface area contributed by atoms with Crippen LogP contribution in [0.15, 0.2) is 29.3 Å². The Hall–Kier alpha value is -2.11. The lowest BCUT2D eigenvalue weighted by Gasteiger charge is -2.13. The van der Waals surface area contributed by atoms with Gasteiger partial charge in [0, 0.05) is 19.3 Å². The molecule has 3 N–H and O–H groups in total. The quantitative estimate of drug-likeness (QED) is 0.567. The van der Waals surface area contributed by atoms with Gasteiger partial charge in [-0.3, -0.25) is 9.79 Å². The number of amides is 1. The minimum absolute atomic E-state index is 0.0924. The number of aliphatic imine (C=N–C) groups is 1. The molecule has 0 bridgehead atoms. The summed E-state index contributed by atoms with van der Waals surface area (Å²) >= 11 is 0. The summed E-state index contributed by atoms with van der Waals surface area (Å²) in [6, 6.07) is 5.62. The van der Waals surface area contributed by atoms with E-state index in [1.165, 1.54) is 24.3 Å². The third-order valence-corrected chi connectivity index (χ3v) is 2.45. The van der Waals surface area contributed by atoms with Crippen molar-refractivity contribution in [3.05, 3.63) is 30.1 Å². The number of nitrogens with one attached hydrogen (secondary N) is 3. The highest BCUT2D eigenvalue weighted by Gasteiger charge is 2.04. The topological polar surface area (TPSA) is 65.5 Å². The van der Waals surface area contributed by atoms with Crippen molar-refractivity contribution in [3.63, 3.8) is 0 Å². The molecule has 1 aromatic carbocycles. The summed E-state index contributed by atoms with van der Waals surface area (Å²) < 4.78 is 12.7. The van der Waals surface area contributed by atoms with Crippen LogP contribution in [0.3, 0.4) is 0 Å². The van der Waals surface area contributed by atoms with E-state index in [1.807, 2.05) is 0 Å². The Bertz CT molecular complexity index is 457. The Kier molecular flexibility index (Phi) is 6.49. The molecular formula is C14H21FN4O. The zero-order chi connectivity index (χ0) is 15.0. The van der Waals surface area contributed by atoms with Gasteiger partial charge < -0.3 is 16.0 Å². The minimum Gasteiger partial charge on any atom is -0.356 e. The molecule has 110 valence electrons. The fourth-order valence-electron chi connectivity index (χ4n) is 1.42. The molecule has 0 saturated carbocycles. The highest BCUT2D eigenvalue weighted by Crippen LogP contribution is 2.07. The number of guanidine groups is 1. The predicted molar refractivity (Wildman–Crippen MR) is 79.2 cm³/mol. The van der Waals surface area contributed by atoms with E-state index in [0.717, 1.165) is 6.54 Å². The molecule has 0 aliphatic rings. The lowest BCUT2D eigenvalue weighted by molar-refractivity contribution is -0.115. The maximum absolute atomic E-state index is 12.7. The predicted octanol–water partition coefficient (Wildman–Crippen LogP) is 1.59. The average Bonchev–Trinajstić information content (AvgIpc) is 2.41. The molecule has 1 amide bonds. The van der Waals surface area contributed by atoms with Crippen molar-refractivity contribution in [1.29, 1.82) is 0 Å². The van der Waals surface area contributed by atoms with Crippen LogP contribution in [0.4, 0.5) is 10.1 Å². The van der Waals surface area contributed by atoms with Crippen molar-refractivity contribution in [1.82, 2.24) is 10.6 Å². The second-order valence-electron chi connectivity index (χ2n) is 4.76. The number of carbonyl (C=O) groups excluding carboxylic acids is 1. The molecule has 0 saturated heterocycles. The number of halogens is 1. The number of anilines is 1. The Morgan fingerprint density at radius 1 is 1.25 bits per heavy atom. The van der Waals surface area contributed by atoms with Gasteiger partial charge in [-0.1, -0.05) is 13.8 Å². The molecule has 0 atom stereocenters. The van der Waals surface area contributed by atoms with Crippen LogP contribution in [0.1, 0.15) is 13.8 Å². The van der Waals surface area contributed by atoms with E-state index in [0.29, 0.717) is 17.6 Å². The summed E-state index contributed by atoms with van der Waals surface area (Å²) in [7, 11) is 1.65. The standard InChI is InChI=1S/C14H21FN4O/c1-10(2)8-17-14(16-3)18-9-13(20)19-12-6-4-11(15)5-7-12/h4-7,10H,8-9H2,1-3H3,(H,19,20)(H2,16,17,18). The maximum atomic E-state index is 12.7. The van der Waals surface area contributed by atoms with Crippen LogP contribution in [0.5, 0.6) is 0 Å². The zero-order valence-corrected chi connectivity index (χ0v) is 12.0. The Morgan fingerprint density at radius 3 is 2.45 bits per heavy atom. The Morgan fingerprint density at radius 2 is 1.90 bits per heavy atom. The van der Waals surface area contributed by atoms with Crippen molar-refractivity contribution in [3.8, 4) is 0 Å². The molecule has 0 heterocycles. The van der Waals surface area contributed by atoms with Gasteiger partial charge in [0.15, 0.2) is 5.96 Å². The van der Waals surface area contributed by atoms with Crippen molar-refractivity contribution in [2.24, 2.45) is 10.9 Å². The molecule has 6 heteroatoms. The first kappa shape index (κ1) is 15.9. The van der Waals surface area contributed by atoms with Gasteiger partial charge in [-0.15, -0.1) is 0 Å². The van der Waals surface area contributed by atoms with Gasteiger partial charge in [0.05, 0.1) is 6.54 Å². The SMILES string of the molecule is CN=C(NCC(=O)Nc1ccc(F)cc1)NCC(C)C. The van der Waals surface area contributed by atoms with E-state index >= 15 is 0 Å². The third-order valence-electron chi connectivity index (χ3n) is 2.45. The number of rotatable bonds is 5. The summed E-state index contributed by atoms with van der Waals surface area (Å²) in [5, 5.41) is 8.68. The van der Waals surface area contributed by atoms with Crippen molar-refractivity contribution in [2.45, 2.75) is 13.8 Å². The third kappa shape index (κ3) is 6.17. The second-order valence-corrected chi connectivity index (χ2v) is 4.76. The van der Waals surface area contributed by atoms with E-state index in [9.17, 15) is 9.18 Å². The van der Waals surface area contributed by atoms with Gasteiger partial charge in [-0.25, -0.2) is 4.39 Å². The average molecular weight is 280 g/mol. The number of nitrogens with zero attached hydrogens (tertiary/aromatic N) is 1. The lowest BCUT2D eigenvalue weighted by atomic mass is 10.2. The molecule has 0 spiro atoms. The summed E-state index contributed by atoms with van der Waals surface area (Å²) in [5.41, 5.74) is 0.559. The molecule has 0 aliphatic heterocycles. The highest BCUT2D eigenvalue weighted by atomic mass is 19.1. The number of benzene rings is 1. The van der Waals surface area contributed by atoms with Gasteiger partial charge in [0.1, 0.15) is 5.82 Å². The fourth-order valence-corrected chi connectivity index (χ4v) is 1.42. The molecule has 1 aromatic rings. The maximum Gasteiger partial charge on any atom is 0.243 e. The highest BCUT2D eigenvalue weighted by molar-refractivity contribution is 5.94. The van der Waals surface area contributed by atoms with E-state index < -0.39 is 0 Å². The normalized spacial score (nSPS) is 11.3. The van der Waals surface area contributed by atoms with Gasteiger partial charge in [0.25, 0.3) is 0 Å². The van der Waals surface area contributed by atoms with Crippen LogP contribution >= 0.6 is 0 Å². The van der Waals surface area contributed by atoms with Gasteiger partial charge >= 0.3 is 0 Å². The van der Waals surface area contributed by atoms with Gasteiger partial charge in [-0.2, -0.15) is 0 Å². The van der Waals surface area contributed by atoms with Crippen LogP contribution in [0, 0.1) is 11.7 Å². The van der Waals surface area contributed by atoms with Crippen molar-refractivity contribution >= 4 is 17.6 Å².